The van der Waals surface area contributed by atoms with Crippen LogP contribution in [0.2, 0.25) is 0 Å². The predicted octanol–water partition coefficient (Wildman–Crippen LogP) is 2.51. The van der Waals surface area contributed by atoms with E-state index in [1.807, 2.05) is 13.8 Å². The molecule has 0 radical (unpaired) electrons. The predicted molar refractivity (Wildman–Crippen MR) is 115 cm³/mol. The van der Waals surface area contributed by atoms with Gasteiger partial charge in [0, 0.05) is 25.0 Å². The van der Waals surface area contributed by atoms with Gasteiger partial charge in [-0.15, -0.1) is 0 Å². The zero-order valence-corrected chi connectivity index (χ0v) is 18.3. The fourth-order valence-electron chi connectivity index (χ4n) is 3.89. The smallest absolute Gasteiger partial charge is 0.317 e. The zero-order valence-electron chi connectivity index (χ0n) is 17.4. The number of hydrogen-bond donors (Lipinski definition) is 1. The number of urea groups is 1. The fourth-order valence-corrected chi connectivity index (χ4v) is 4.17. The summed E-state index contributed by atoms with van der Waals surface area (Å²) in [4.78, 5) is 15.6. The molecule has 1 N–H and O–H groups in total. The van der Waals surface area contributed by atoms with E-state index >= 15 is 0 Å². The third kappa shape index (κ3) is 5.58. The molecule has 2 amide bonds. The fraction of sp³-hybridized carbons (Fsp3) is 0.619. The van der Waals surface area contributed by atoms with Crippen molar-refractivity contribution in [3.8, 4) is 0 Å². The Labute approximate surface area is 170 Å². The summed E-state index contributed by atoms with van der Waals surface area (Å²) in [6.45, 7) is 11.2. The van der Waals surface area contributed by atoms with Crippen LogP contribution < -0.4 is 5.32 Å². The van der Waals surface area contributed by atoms with Crippen LogP contribution in [-0.2, 0) is 16.7 Å². The van der Waals surface area contributed by atoms with E-state index < -0.39 is 10.3 Å². The van der Waals surface area contributed by atoms with Gasteiger partial charge in [-0.3, -0.25) is 0 Å². The first-order chi connectivity index (χ1) is 13.4. The van der Waals surface area contributed by atoms with Crippen LogP contribution in [0.1, 0.15) is 56.7 Å². The molecule has 0 saturated heterocycles. The van der Waals surface area contributed by atoms with Crippen LogP contribution in [0.3, 0.4) is 0 Å². The molecule has 0 spiro atoms. The molecule has 7 heteroatoms. The molecule has 0 aliphatic heterocycles. The van der Waals surface area contributed by atoms with Crippen LogP contribution >= 0.6 is 0 Å². The van der Waals surface area contributed by atoms with E-state index in [0.29, 0.717) is 6.54 Å². The highest BCUT2D eigenvalue weighted by Gasteiger charge is 2.36. The number of amides is 2. The molecule has 0 unspecified atom stereocenters. The third-order valence-corrected chi connectivity index (χ3v) is 5.99. The van der Waals surface area contributed by atoms with Gasteiger partial charge in [-0.05, 0) is 56.5 Å². The maximum absolute atomic E-state index is 11.9. The monoisotopic (exact) mass is 407 g/mol. The summed E-state index contributed by atoms with van der Waals surface area (Å²) in [5.41, 5.74) is 4.96. The molecular weight excluding hydrogens is 374 g/mol. The number of fused-ring (bicyclic) bond motifs is 3. The Kier molecular flexibility index (Phi) is 8.51. The van der Waals surface area contributed by atoms with Gasteiger partial charge in [0.15, 0.2) is 0 Å². The molecule has 1 aromatic rings. The lowest BCUT2D eigenvalue weighted by atomic mass is 9.82. The summed E-state index contributed by atoms with van der Waals surface area (Å²) in [6.07, 6.45) is 2.76. The molecule has 4 aliphatic rings. The topological polar surface area (TPSA) is 69.7 Å². The van der Waals surface area contributed by atoms with Gasteiger partial charge in [0.2, 0.25) is 10.3 Å². The Morgan fingerprint density at radius 2 is 1.89 bits per heavy atom. The van der Waals surface area contributed by atoms with E-state index in [-0.39, 0.29) is 18.6 Å². The van der Waals surface area contributed by atoms with Gasteiger partial charge < -0.3 is 15.1 Å². The van der Waals surface area contributed by atoms with E-state index in [1.54, 1.807) is 16.7 Å². The van der Waals surface area contributed by atoms with Crippen LogP contribution in [0.15, 0.2) is 18.2 Å². The number of likely N-dealkylation sites (N-methyl/N-ethyl adjacent to an activating group) is 1. The SMILES string of the molecule is C1=CC2=C3CCC2C3=C1.CCN(CC)CCNC(=O)N(CC=S(=O)=O)C(C)C. The quantitative estimate of drug-likeness (QED) is 0.672. The van der Waals surface area contributed by atoms with Gasteiger partial charge in [0.05, 0.1) is 11.9 Å². The van der Waals surface area contributed by atoms with Crippen LogP contribution in [0, 0.1) is 0 Å². The second-order valence-corrected chi connectivity index (χ2v) is 8.29. The Bertz CT molecular complexity index is 771. The third-order valence-electron chi connectivity index (χ3n) is 5.57. The molecule has 1 aromatic carbocycles. The van der Waals surface area contributed by atoms with Crippen molar-refractivity contribution in [1.82, 2.24) is 15.1 Å². The molecule has 0 saturated carbocycles. The van der Waals surface area contributed by atoms with Crippen LogP contribution in [0.4, 0.5) is 4.79 Å². The van der Waals surface area contributed by atoms with Crippen molar-refractivity contribution in [2.45, 2.75) is 52.5 Å². The van der Waals surface area contributed by atoms with Crippen molar-refractivity contribution < 1.29 is 13.2 Å². The highest BCUT2D eigenvalue weighted by Crippen LogP contribution is 2.50. The summed E-state index contributed by atoms with van der Waals surface area (Å²) >= 11 is 0. The molecule has 4 aliphatic carbocycles. The van der Waals surface area contributed by atoms with Crippen molar-refractivity contribution in [3.63, 3.8) is 0 Å². The minimum Gasteiger partial charge on any atom is -0.337 e. The second-order valence-electron chi connectivity index (χ2n) is 7.44. The summed E-state index contributed by atoms with van der Waals surface area (Å²) in [5, 5.41) is 3.90. The first-order valence-electron chi connectivity index (χ1n) is 10.2. The number of rotatable bonds is 8. The number of nitrogens with zero attached hydrogens (tertiary/aromatic N) is 2. The highest BCUT2D eigenvalue weighted by molar-refractivity contribution is 7.71. The molecule has 28 heavy (non-hydrogen) atoms. The molecule has 0 fully saturated rings. The lowest BCUT2D eigenvalue weighted by Gasteiger charge is -2.26. The van der Waals surface area contributed by atoms with Crippen LogP contribution in [0.25, 0.3) is 0 Å². The normalized spacial score (nSPS) is 13.6. The van der Waals surface area contributed by atoms with Crippen molar-refractivity contribution >= 4 is 21.7 Å². The standard InChI is InChI=1S/C12H25N3O3S.C9H8/c1-5-14(6-2)8-7-13-12(16)15(11(3)4)9-10-19(17)18;1-2-6-8-4-5-9(6)7(8)3-1/h10-11H,5-9H2,1-4H3,(H,13,16);1-3,8H,4-5H2. The van der Waals surface area contributed by atoms with E-state index in [0.717, 1.165) is 30.9 Å². The molecule has 4 bridgehead atoms. The van der Waals surface area contributed by atoms with Crippen molar-refractivity contribution in [1.29, 1.82) is 0 Å². The first kappa shape index (κ1) is 22.4. The number of hydrogen-bond acceptors (Lipinski definition) is 4. The molecule has 156 valence electrons. The van der Waals surface area contributed by atoms with Gasteiger partial charge in [0.1, 0.15) is 0 Å². The largest absolute Gasteiger partial charge is 0.337 e. The van der Waals surface area contributed by atoms with E-state index in [1.165, 1.54) is 17.7 Å². The van der Waals surface area contributed by atoms with Crippen molar-refractivity contribution in [2.24, 2.45) is 0 Å². The number of carbonyl (C=O) groups excluding carboxylic acids is 1. The maximum Gasteiger partial charge on any atom is 0.317 e. The molecule has 0 atom stereocenters. The highest BCUT2D eigenvalue weighted by atomic mass is 32.2. The second kappa shape index (κ2) is 10.6. The van der Waals surface area contributed by atoms with Crippen molar-refractivity contribution in [3.05, 3.63) is 34.9 Å². The minimum absolute atomic E-state index is 0.0479. The van der Waals surface area contributed by atoms with Gasteiger partial charge in [-0.1, -0.05) is 32.0 Å². The van der Waals surface area contributed by atoms with Gasteiger partial charge in [-0.25, -0.2) is 4.79 Å². The Morgan fingerprint density at radius 1 is 1.25 bits per heavy atom. The zero-order chi connectivity index (χ0) is 20.7. The van der Waals surface area contributed by atoms with Crippen molar-refractivity contribution in [2.75, 3.05) is 32.7 Å². The number of nitrogens with one attached hydrogen (secondary N) is 1. The lowest BCUT2D eigenvalue weighted by molar-refractivity contribution is 0.190. The van der Waals surface area contributed by atoms with E-state index in [9.17, 15) is 13.2 Å². The van der Waals surface area contributed by atoms with Crippen LogP contribution in [0.5, 0.6) is 0 Å². The molecule has 0 aromatic heterocycles. The Balaban J connectivity index is 0.000000249. The molecule has 6 nitrogen and oxygen atoms in total. The number of benzene rings is 1. The van der Waals surface area contributed by atoms with Gasteiger partial charge in [-0.2, -0.15) is 8.42 Å². The summed E-state index contributed by atoms with van der Waals surface area (Å²) < 4.78 is 21.0. The van der Waals surface area contributed by atoms with E-state index in [2.05, 4.69) is 42.3 Å². The van der Waals surface area contributed by atoms with Gasteiger partial charge in [0.25, 0.3) is 0 Å². The van der Waals surface area contributed by atoms with Gasteiger partial charge >= 0.3 is 6.03 Å². The number of aryl methyl sites for hydroxylation is 1. The van der Waals surface area contributed by atoms with E-state index in [4.69, 9.17) is 0 Å². The Hall–Kier alpha value is -1.86. The summed E-state index contributed by atoms with van der Waals surface area (Å²) in [6, 6.07) is 6.45. The maximum atomic E-state index is 11.9. The lowest BCUT2D eigenvalue weighted by Crippen LogP contribution is -2.46. The Morgan fingerprint density at radius 3 is 2.32 bits per heavy atom. The molecular formula is C21H33N3O3S. The summed E-state index contributed by atoms with van der Waals surface area (Å²) in [5.74, 6) is 0.880. The first-order valence-corrected chi connectivity index (χ1v) is 11.3. The molecule has 0 heterocycles. The molecule has 5 rings (SSSR count). The minimum atomic E-state index is -2.24. The average Bonchev–Trinajstić information content (AvgIpc) is 3.30. The van der Waals surface area contributed by atoms with Crippen LogP contribution in [-0.4, -0.2) is 68.4 Å². The average molecular weight is 408 g/mol. The summed E-state index contributed by atoms with van der Waals surface area (Å²) in [7, 11) is -2.24. The number of carbonyl (C=O) groups is 1.